The maximum atomic E-state index is 11.0. The van der Waals surface area contributed by atoms with E-state index in [1.54, 1.807) is 0 Å². The predicted octanol–water partition coefficient (Wildman–Crippen LogP) is 0.784. The number of guanidine groups is 1. The molecule has 0 unspecified atom stereocenters. The summed E-state index contributed by atoms with van der Waals surface area (Å²) in [5, 5.41) is 8.22. The van der Waals surface area contributed by atoms with E-state index < -0.39 is 10.0 Å². The zero-order valence-corrected chi connectivity index (χ0v) is 14.8. The zero-order valence-electron chi connectivity index (χ0n) is 14.0. The summed E-state index contributed by atoms with van der Waals surface area (Å²) in [4.78, 5) is 6.50. The van der Waals surface area contributed by atoms with E-state index in [1.165, 1.54) is 0 Å². The van der Waals surface area contributed by atoms with E-state index in [0.29, 0.717) is 0 Å². The summed E-state index contributed by atoms with van der Waals surface area (Å²) in [5.74, 6) is 1.49. The number of aliphatic imine (C=N–C) groups is 1. The van der Waals surface area contributed by atoms with E-state index in [2.05, 4.69) is 15.2 Å². The van der Waals surface area contributed by atoms with Crippen LogP contribution in [0.2, 0.25) is 0 Å². The van der Waals surface area contributed by atoms with Gasteiger partial charge in [0.1, 0.15) is 11.9 Å². The monoisotopic (exact) mass is 354 g/mol. The van der Waals surface area contributed by atoms with E-state index >= 15 is 0 Å². The summed E-state index contributed by atoms with van der Waals surface area (Å²) < 4.78 is 28.0. The van der Waals surface area contributed by atoms with Crippen molar-refractivity contribution in [2.45, 2.75) is 25.9 Å². The van der Waals surface area contributed by atoms with Gasteiger partial charge in [-0.15, -0.1) is 0 Å². The highest BCUT2D eigenvalue weighted by atomic mass is 32.2. The third-order valence-electron chi connectivity index (χ3n) is 3.76. The number of piperidine rings is 1. The molecule has 24 heavy (non-hydrogen) atoms. The maximum absolute atomic E-state index is 11.0. The van der Waals surface area contributed by atoms with Crippen molar-refractivity contribution in [3.63, 3.8) is 0 Å². The first-order chi connectivity index (χ1) is 11.5. The summed E-state index contributed by atoms with van der Waals surface area (Å²) in [6, 6.07) is 9.82. The molecule has 1 heterocycles. The fourth-order valence-electron chi connectivity index (χ4n) is 2.58. The number of likely N-dealkylation sites (tertiary alicyclic amines) is 1. The SMILES string of the molecule is CCNC(=NCCS(N)(=O)=O)N1CCC(Oc2ccccc2)CC1. The number of nitrogens with two attached hydrogens (primary N) is 1. The molecule has 7 nitrogen and oxygen atoms in total. The van der Waals surface area contributed by atoms with Crippen molar-refractivity contribution in [3.05, 3.63) is 30.3 Å². The minimum Gasteiger partial charge on any atom is -0.490 e. The standard InChI is InChI=1S/C16H26N4O3S/c1-2-18-16(19-10-13-24(17,21)22)20-11-8-15(9-12-20)23-14-6-4-3-5-7-14/h3-7,15H,2,8-13H2,1H3,(H,18,19)(H2,17,21,22). The molecule has 0 amide bonds. The number of hydrogen-bond acceptors (Lipinski definition) is 4. The van der Waals surface area contributed by atoms with Crippen LogP contribution in [-0.4, -0.2) is 57.3 Å². The van der Waals surface area contributed by atoms with Crippen LogP contribution in [0.15, 0.2) is 35.3 Å². The fourth-order valence-corrected chi connectivity index (χ4v) is 2.93. The largest absolute Gasteiger partial charge is 0.490 e. The average molecular weight is 354 g/mol. The molecule has 1 fully saturated rings. The van der Waals surface area contributed by atoms with E-state index in [9.17, 15) is 8.42 Å². The van der Waals surface area contributed by atoms with Crippen molar-refractivity contribution in [3.8, 4) is 5.75 Å². The van der Waals surface area contributed by atoms with Gasteiger partial charge in [0.05, 0.1) is 12.3 Å². The van der Waals surface area contributed by atoms with Gasteiger partial charge in [0.25, 0.3) is 0 Å². The summed E-state index contributed by atoms with van der Waals surface area (Å²) in [6.07, 6.45) is 1.99. The molecule has 0 aliphatic carbocycles. The second-order valence-corrected chi connectivity index (χ2v) is 7.45. The van der Waals surface area contributed by atoms with Crippen molar-refractivity contribution >= 4 is 16.0 Å². The first-order valence-electron chi connectivity index (χ1n) is 8.23. The summed E-state index contributed by atoms with van der Waals surface area (Å²) >= 11 is 0. The smallest absolute Gasteiger partial charge is 0.210 e. The van der Waals surface area contributed by atoms with Crippen LogP contribution in [0.4, 0.5) is 0 Å². The summed E-state index contributed by atoms with van der Waals surface area (Å²) in [7, 11) is -3.48. The van der Waals surface area contributed by atoms with Crippen LogP contribution in [0.3, 0.4) is 0 Å². The molecule has 0 aromatic heterocycles. The van der Waals surface area contributed by atoms with Crippen molar-refractivity contribution in [1.29, 1.82) is 0 Å². The Labute approximate surface area is 143 Å². The van der Waals surface area contributed by atoms with Gasteiger partial charge in [-0.1, -0.05) is 18.2 Å². The number of para-hydroxylation sites is 1. The van der Waals surface area contributed by atoms with E-state index in [-0.39, 0.29) is 18.4 Å². The minimum atomic E-state index is -3.48. The third kappa shape index (κ3) is 6.37. The quantitative estimate of drug-likeness (QED) is 0.581. The van der Waals surface area contributed by atoms with Crippen molar-refractivity contribution < 1.29 is 13.2 Å². The Morgan fingerprint density at radius 3 is 2.58 bits per heavy atom. The topological polar surface area (TPSA) is 97.0 Å². The van der Waals surface area contributed by atoms with E-state index in [0.717, 1.165) is 44.2 Å². The number of nitrogens with one attached hydrogen (secondary N) is 1. The van der Waals surface area contributed by atoms with Gasteiger partial charge < -0.3 is 15.0 Å². The van der Waals surface area contributed by atoms with Crippen LogP contribution in [0, 0.1) is 0 Å². The van der Waals surface area contributed by atoms with Gasteiger partial charge >= 0.3 is 0 Å². The molecule has 0 atom stereocenters. The van der Waals surface area contributed by atoms with E-state index in [4.69, 9.17) is 9.88 Å². The Bertz CT molecular complexity index is 626. The minimum absolute atomic E-state index is 0.143. The van der Waals surface area contributed by atoms with Crippen molar-refractivity contribution in [1.82, 2.24) is 10.2 Å². The first-order valence-corrected chi connectivity index (χ1v) is 9.95. The molecule has 0 spiro atoms. The second-order valence-electron chi connectivity index (χ2n) is 5.72. The highest BCUT2D eigenvalue weighted by Crippen LogP contribution is 2.18. The average Bonchev–Trinajstić information content (AvgIpc) is 2.55. The molecule has 134 valence electrons. The van der Waals surface area contributed by atoms with Gasteiger partial charge in [0.2, 0.25) is 10.0 Å². The van der Waals surface area contributed by atoms with Crippen LogP contribution in [0.1, 0.15) is 19.8 Å². The molecule has 1 aliphatic heterocycles. The molecule has 0 saturated carbocycles. The molecule has 1 aromatic carbocycles. The molecule has 1 aromatic rings. The van der Waals surface area contributed by atoms with E-state index in [1.807, 2.05) is 37.3 Å². The molecule has 3 N–H and O–H groups in total. The maximum Gasteiger partial charge on any atom is 0.210 e. The molecule has 2 rings (SSSR count). The number of sulfonamides is 1. The zero-order chi connectivity index (χ0) is 17.4. The van der Waals surface area contributed by atoms with Crippen molar-refractivity contribution in [2.24, 2.45) is 10.1 Å². The predicted molar refractivity (Wildman–Crippen MR) is 95.6 cm³/mol. The number of primary sulfonamides is 1. The number of nitrogens with zero attached hydrogens (tertiary/aromatic N) is 2. The normalized spacial score (nSPS) is 16.9. The van der Waals surface area contributed by atoms with Gasteiger partial charge in [0, 0.05) is 32.5 Å². The summed E-state index contributed by atoms with van der Waals surface area (Å²) in [5.41, 5.74) is 0. The Morgan fingerprint density at radius 1 is 1.33 bits per heavy atom. The number of hydrogen-bond donors (Lipinski definition) is 2. The molecule has 8 heteroatoms. The summed E-state index contributed by atoms with van der Waals surface area (Å²) in [6.45, 7) is 4.52. The van der Waals surface area contributed by atoms with Crippen LogP contribution in [0.25, 0.3) is 0 Å². The number of benzene rings is 1. The molecule has 0 radical (unpaired) electrons. The highest BCUT2D eigenvalue weighted by Gasteiger charge is 2.22. The Balaban J connectivity index is 1.86. The number of ether oxygens (including phenoxy) is 1. The van der Waals surface area contributed by atoms with Crippen LogP contribution >= 0.6 is 0 Å². The van der Waals surface area contributed by atoms with Crippen LogP contribution < -0.4 is 15.2 Å². The molecular formula is C16H26N4O3S. The lowest BCUT2D eigenvalue weighted by Gasteiger charge is -2.34. The fraction of sp³-hybridized carbons (Fsp3) is 0.562. The lowest BCUT2D eigenvalue weighted by molar-refractivity contribution is 0.129. The molecular weight excluding hydrogens is 328 g/mol. The van der Waals surface area contributed by atoms with Crippen LogP contribution in [0.5, 0.6) is 5.75 Å². The Kier molecular flexibility index (Phi) is 6.86. The molecule has 0 bridgehead atoms. The molecule has 1 saturated heterocycles. The van der Waals surface area contributed by atoms with Crippen LogP contribution in [-0.2, 0) is 10.0 Å². The van der Waals surface area contributed by atoms with Gasteiger partial charge in [-0.25, -0.2) is 13.6 Å². The lowest BCUT2D eigenvalue weighted by Crippen LogP contribution is -2.47. The first kappa shape index (κ1) is 18.5. The third-order valence-corrected chi connectivity index (χ3v) is 4.51. The second kappa shape index (κ2) is 8.89. The van der Waals surface area contributed by atoms with Gasteiger partial charge in [-0.05, 0) is 19.1 Å². The van der Waals surface area contributed by atoms with Gasteiger partial charge in [-0.3, -0.25) is 4.99 Å². The Morgan fingerprint density at radius 2 is 2.00 bits per heavy atom. The van der Waals surface area contributed by atoms with Gasteiger partial charge in [-0.2, -0.15) is 0 Å². The highest BCUT2D eigenvalue weighted by molar-refractivity contribution is 7.89. The van der Waals surface area contributed by atoms with Crippen molar-refractivity contribution in [2.75, 3.05) is 31.9 Å². The van der Waals surface area contributed by atoms with Gasteiger partial charge in [0.15, 0.2) is 5.96 Å². The molecule has 1 aliphatic rings. The number of rotatable bonds is 6. The Hall–Kier alpha value is -1.80. The lowest BCUT2D eigenvalue weighted by atomic mass is 10.1.